The number of nitrogens with one attached hydrogen (secondary N) is 1. The molecule has 1 atom stereocenters. The Balaban J connectivity index is 1.91. The fraction of sp³-hybridized carbons (Fsp3) is 0.364. The van der Waals surface area contributed by atoms with Crippen LogP contribution in [-0.2, 0) is 0 Å². The van der Waals surface area contributed by atoms with Crippen LogP contribution in [0.4, 0.5) is 0 Å². The van der Waals surface area contributed by atoms with Crippen LogP contribution in [-0.4, -0.2) is 11.9 Å². The molecule has 0 spiro atoms. The van der Waals surface area contributed by atoms with Gasteiger partial charge in [0, 0.05) is 6.04 Å². The van der Waals surface area contributed by atoms with Crippen LogP contribution >= 0.6 is 0 Å². The van der Waals surface area contributed by atoms with Crippen molar-refractivity contribution in [2.75, 3.05) is 0 Å². The first-order valence-corrected chi connectivity index (χ1v) is 4.85. The summed E-state index contributed by atoms with van der Waals surface area (Å²) in [5, 5.41) is 2.94. The van der Waals surface area contributed by atoms with E-state index in [0.717, 1.165) is 19.3 Å². The van der Waals surface area contributed by atoms with Crippen LogP contribution in [0.15, 0.2) is 35.0 Å². The SMILES string of the molecule is O=C(NC1CC=CCC1)c1ccco1. The minimum Gasteiger partial charge on any atom is -0.459 e. The molecule has 1 aliphatic rings. The lowest BCUT2D eigenvalue weighted by Crippen LogP contribution is -2.35. The highest BCUT2D eigenvalue weighted by Gasteiger charge is 2.15. The van der Waals surface area contributed by atoms with Crippen molar-refractivity contribution in [1.29, 1.82) is 0 Å². The maximum absolute atomic E-state index is 11.5. The molecule has 0 aliphatic heterocycles. The molecular formula is C11H13NO2. The van der Waals surface area contributed by atoms with Gasteiger partial charge in [0.15, 0.2) is 5.76 Å². The topological polar surface area (TPSA) is 42.2 Å². The molecule has 3 heteroatoms. The van der Waals surface area contributed by atoms with Crippen molar-refractivity contribution in [2.45, 2.75) is 25.3 Å². The molecule has 1 heterocycles. The normalized spacial score (nSPS) is 20.7. The van der Waals surface area contributed by atoms with Gasteiger partial charge in [-0.1, -0.05) is 12.2 Å². The van der Waals surface area contributed by atoms with Crippen molar-refractivity contribution in [2.24, 2.45) is 0 Å². The van der Waals surface area contributed by atoms with Crippen molar-refractivity contribution in [3.63, 3.8) is 0 Å². The molecule has 1 aromatic heterocycles. The Labute approximate surface area is 82.8 Å². The Kier molecular flexibility index (Phi) is 2.68. The number of carbonyl (C=O) groups is 1. The fourth-order valence-corrected chi connectivity index (χ4v) is 1.59. The van der Waals surface area contributed by atoms with Crippen molar-refractivity contribution < 1.29 is 9.21 Å². The Hall–Kier alpha value is -1.51. The number of hydrogen-bond acceptors (Lipinski definition) is 2. The first kappa shape index (κ1) is 9.06. The summed E-state index contributed by atoms with van der Waals surface area (Å²) in [6, 6.07) is 3.65. The zero-order valence-electron chi connectivity index (χ0n) is 7.90. The van der Waals surface area contributed by atoms with Gasteiger partial charge in [-0.2, -0.15) is 0 Å². The van der Waals surface area contributed by atoms with Gasteiger partial charge in [0.25, 0.3) is 5.91 Å². The standard InChI is InChI=1S/C11H13NO2/c13-11(10-7-4-8-14-10)12-9-5-2-1-3-6-9/h1-2,4,7-9H,3,5-6H2,(H,12,13). The number of furan rings is 1. The molecule has 0 radical (unpaired) electrons. The first-order chi connectivity index (χ1) is 6.86. The Morgan fingerprint density at radius 2 is 2.43 bits per heavy atom. The molecule has 1 amide bonds. The summed E-state index contributed by atoms with van der Waals surface area (Å²) in [7, 11) is 0. The van der Waals surface area contributed by atoms with E-state index in [1.165, 1.54) is 6.26 Å². The van der Waals surface area contributed by atoms with Crippen LogP contribution in [0, 0.1) is 0 Å². The lowest BCUT2D eigenvalue weighted by Gasteiger charge is -2.18. The second-order valence-corrected chi connectivity index (χ2v) is 3.43. The van der Waals surface area contributed by atoms with Gasteiger partial charge in [-0.25, -0.2) is 0 Å². The predicted molar refractivity (Wildman–Crippen MR) is 53.0 cm³/mol. The van der Waals surface area contributed by atoms with E-state index >= 15 is 0 Å². The summed E-state index contributed by atoms with van der Waals surface area (Å²) >= 11 is 0. The number of amides is 1. The largest absolute Gasteiger partial charge is 0.459 e. The number of allylic oxidation sites excluding steroid dienone is 1. The van der Waals surface area contributed by atoms with Gasteiger partial charge in [-0.05, 0) is 31.4 Å². The van der Waals surface area contributed by atoms with Gasteiger partial charge in [0.05, 0.1) is 6.26 Å². The average molecular weight is 191 g/mol. The molecule has 0 fully saturated rings. The van der Waals surface area contributed by atoms with Crippen LogP contribution in [0.1, 0.15) is 29.8 Å². The van der Waals surface area contributed by atoms with Crippen LogP contribution in [0.25, 0.3) is 0 Å². The van der Waals surface area contributed by atoms with Crippen molar-refractivity contribution >= 4 is 5.91 Å². The van der Waals surface area contributed by atoms with E-state index < -0.39 is 0 Å². The molecule has 1 N–H and O–H groups in total. The molecule has 74 valence electrons. The second-order valence-electron chi connectivity index (χ2n) is 3.43. The van der Waals surface area contributed by atoms with Crippen LogP contribution in [0.3, 0.4) is 0 Å². The maximum Gasteiger partial charge on any atom is 0.287 e. The van der Waals surface area contributed by atoms with Gasteiger partial charge in [-0.3, -0.25) is 4.79 Å². The molecule has 1 aliphatic carbocycles. The maximum atomic E-state index is 11.5. The molecule has 1 aromatic rings. The predicted octanol–water partition coefficient (Wildman–Crippen LogP) is 2.12. The van der Waals surface area contributed by atoms with Crippen LogP contribution in [0.2, 0.25) is 0 Å². The lowest BCUT2D eigenvalue weighted by molar-refractivity contribution is 0.0906. The molecule has 0 saturated carbocycles. The van der Waals surface area contributed by atoms with Crippen molar-refractivity contribution in [3.8, 4) is 0 Å². The molecular weight excluding hydrogens is 178 g/mol. The summed E-state index contributed by atoms with van der Waals surface area (Å²) in [5.74, 6) is 0.273. The third kappa shape index (κ3) is 2.05. The third-order valence-corrected chi connectivity index (χ3v) is 2.35. The molecule has 14 heavy (non-hydrogen) atoms. The van der Waals surface area contributed by atoms with E-state index in [9.17, 15) is 4.79 Å². The van der Waals surface area contributed by atoms with Crippen molar-refractivity contribution in [3.05, 3.63) is 36.3 Å². The fourth-order valence-electron chi connectivity index (χ4n) is 1.59. The number of hydrogen-bond donors (Lipinski definition) is 1. The minimum atomic E-state index is -0.115. The molecule has 0 saturated heterocycles. The van der Waals surface area contributed by atoms with E-state index in [1.54, 1.807) is 12.1 Å². The van der Waals surface area contributed by atoms with Gasteiger partial charge >= 0.3 is 0 Å². The average Bonchev–Trinajstić information content (AvgIpc) is 2.72. The van der Waals surface area contributed by atoms with Crippen LogP contribution in [0.5, 0.6) is 0 Å². The monoisotopic (exact) mass is 191 g/mol. The van der Waals surface area contributed by atoms with E-state index in [-0.39, 0.29) is 11.9 Å². The summed E-state index contributed by atoms with van der Waals surface area (Å²) in [4.78, 5) is 11.5. The van der Waals surface area contributed by atoms with E-state index in [4.69, 9.17) is 4.42 Å². The van der Waals surface area contributed by atoms with Gasteiger partial charge in [-0.15, -0.1) is 0 Å². The summed E-state index contributed by atoms with van der Waals surface area (Å²) in [5.41, 5.74) is 0. The molecule has 0 aromatic carbocycles. The Morgan fingerprint density at radius 1 is 1.50 bits per heavy atom. The second kappa shape index (κ2) is 4.13. The highest BCUT2D eigenvalue weighted by Crippen LogP contribution is 2.11. The van der Waals surface area contributed by atoms with E-state index in [0.29, 0.717) is 5.76 Å². The van der Waals surface area contributed by atoms with E-state index in [2.05, 4.69) is 17.5 Å². The molecule has 0 bridgehead atoms. The quantitative estimate of drug-likeness (QED) is 0.727. The van der Waals surface area contributed by atoms with Gasteiger partial charge in [0.2, 0.25) is 0 Å². The van der Waals surface area contributed by atoms with E-state index in [1.807, 2.05) is 0 Å². The highest BCUT2D eigenvalue weighted by molar-refractivity contribution is 5.91. The molecule has 2 rings (SSSR count). The molecule has 3 nitrogen and oxygen atoms in total. The smallest absolute Gasteiger partial charge is 0.287 e. The van der Waals surface area contributed by atoms with Gasteiger partial charge in [0.1, 0.15) is 0 Å². The lowest BCUT2D eigenvalue weighted by atomic mass is 10.0. The van der Waals surface area contributed by atoms with Gasteiger partial charge < -0.3 is 9.73 Å². The highest BCUT2D eigenvalue weighted by atomic mass is 16.3. The third-order valence-electron chi connectivity index (χ3n) is 2.35. The zero-order valence-corrected chi connectivity index (χ0v) is 7.90. The Morgan fingerprint density at radius 3 is 3.07 bits per heavy atom. The Bertz CT molecular complexity index is 327. The summed E-state index contributed by atoms with van der Waals surface area (Å²) in [6.07, 6.45) is 8.75. The number of carbonyl (C=O) groups excluding carboxylic acids is 1. The molecule has 1 unspecified atom stereocenters. The summed E-state index contributed by atoms with van der Waals surface area (Å²) < 4.78 is 5.01. The minimum absolute atomic E-state index is 0.115. The van der Waals surface area contributed by atoms with Crippen molar-refractivity contribution in [1.82, 2.24) is 5.32 Å². The number of rotatable bonds is 2. The summed E-state index contributed by atoms with van der Waals surface area (Å²) in [6.45, 7) is 0. The first-order valence-electron chi connectivity index (χ1n) is 4.85. The van der Waals surface area contributed by atoms with Crippen LogP contribution < -0.4 is 5.32 Å². The zero-order chi connectivity index (χ0) is 9.80.